The van der Waals surface area contributed by atoms with Crippen molar-refractivity contribution in [3.63, 3.8) is 0 Å². The van der Waals surface area contributed by atoms with Gasteiger partial charge in [0.05, 0.1) is 12.5 Å². The third kappa shape index (κ3) is 3.42. The highest BCUT2D eigenvalue weighted by atomic mass is 32.1. The van der Waals surface area contributed by atoms with Crippen LogP contribution in [-0.4, -0.2) is 17.4 Å². The Balaban J connectivity index is 2.64. The van der Waals surface area contributed by atoms with Gasteiger partial charge in [-0.25, -0.2) is 0 Å². The number of rotatable bonds is 5. The molecular weight excluding hydrogens is 220 g/mol. The van der Waals surface area contributed by atoms with Crippen molar-refractivity contribution in [1.82, 2.24) is 0 Å². The van der Waals surface area contributed by atoms with Crippen LogP contribution in [-0.2, 0) is 4.74 Å². The Kier molecular flexibility index (Phi) is 5.12. The smallest absolute Gasteiger partial charge is 0.174 e. The second kappa shape index (κ2) is 6.38. The van der Waals surface area contributed by atoms with E-state index in [2.05, 4.69) is 0 Å². The number of carbonyl (C=O) groups excluding carboxylic acids is 1. The Morgan fingerprint density at radius 1 is 1.38 bits per heavy atom. The number of hydrogen-bond donors (Lipinski definition) is 0. The molecule has 0 aliphatic rings. The van der Waals surface area contributed by atoms with Crippen LogP contribution in [0.5, 0.6) is 0 Å². The van der Waals surface area contributed by atoms with Gasteiger partial charge in [0.1, 0.15) is 0 Å². The lowest BCUT2D eigenvalue weighted by Gasteiger charge is -2.12. The highest BCUT2D eigenvalue weighted by Gasteiger charge is 2.20. The van der Waals surface area contributed by atoms with E-state index >= 15 is 0 Å². The predicted molar refractivity (Wildman–Crippen MR) is 68.8 cm³/mol. The first-order valence-electron chi connectivity index (χ1n) is 5.42. The van der Waals surface area contributed by atoms with Crippen molar-refractivity contribution in [1.29, 1.82) is 0 Å². The molecule has 0 saturated carbocycles. The first-order chi connectivity index (χ1) is 7.66. The summed E-state index contributed by atoms with van der Waals surface area (Å²) in [6.45, 7) is 4.37. The van der Waals surface area contributed by atoms with Crippen LogP contribution in [0.4, 0.5) is 0 Å². The van der Waals surface area contributed by atoms with Gasteiger partial charge in [0.15, 0.2) is 10.8 Å². The van der Waals surface area contributed by atoms with E-state index in [1.807, 2.05) is 25.1 Å². The molecular formula is C13H16O2S. The summed E-state index contributed by atoms with van der Waals surface area (Å²) in [5.74, 6) is -0.342. The number of carbonyl (C=O) groups is 1. The van der Waals surface area contributed by atoms with E-state index < -0.39 is 0 Å². The molecule has 2 nitrogen and oxygen atoms in total. The minimum absolute atomic E-state index is 0.0155. The molecule has 86 valence electrons. The molecule has 0 radical (unpaired) electrons. The predicted octanol–water partition coefficient (Wildman–Crippen LogP) is 3.26. The normalized spacial score (nSPS) is 11.9. The number of ether oxygens (including phenoxy) is 1. The van der Waals surface area contributed by atoms with E-state index in [9.17, 15) is 4.79 Å². The summed E-state index contributed by atoms with van der Waals surface area (Å²) in [6.07, 6.45) is 0.895. The van der Waals surface area contributed by atoms with E-state index in [-0.39, 0.29) is 11.7 Å². The number of ketones is 1. The fourth-order valence-corrected chi connectivity index (χ4v) is 1.48. The summed E-state index contributed by atoms with van der Waals surface area (Å²) in [5, 5.41) is 0.385. The third-order valence-electron chi connectivity index (χ3n) is 2.25. The van der Waals surface area contributed by atoms with E-state index in [0.29, 0.717) is 17.2 Å². The first kappa shape index (κ1) is 12.8. The fourth-order valence-electron chi connectivity index (χ4n) is 1.29. The molecule has 0 fully saturated rings. The SMILES string of the molecule is CCCOC(=S)C(C)C(=O)c1ccccc1. The number of thiocarbonyl (C=S) groups is 1. The topological polar surface area (TPSA) is 26.3 Å². The van der Waals surface area contributed by atoms with Gasteiger partial charge in [-0.05, 0) is 25.6 Å². The highest BCUT2D eigenvalue weighted by molar-refractivity contribution is 7.80. The van der Waals surface area contributed by atoms with Crippen LogP contribution in [0.15, 0.2) is 30.3 Å². The molecule has 1 aromatic carbocycles. The molecule has 1 atom stereocenters. The minimum atomic E-state index is -0.357. The molecule has 3 heteroatoms. The summed E-state index contributed by atoms with van der Waals surface area (Å²) in [4.78, 5) is 12.0. The van der Waals surface area contributed by atoms with Gasteiger partial charge in [0.25, 0.3) is 0 Å². The maximum absolute atomic E-state index is 12.0. The molecule has 0 N–H and O–H groups in total. The van der Waals surface area contributed by atoms with Crippen LogP contribution < -0.4 is 0 Å². The molecule has 0 saturated heterocycles. The average Bonchev–Trinajstić information content (AvgIpc) is 2.35. The van der Waals surface area contributed by atoms with Gasteiger partial charge in [0, 0.05) is 5.56 Å². The standard InChI is InChI=1S/C13H16O2S/c1-3-9-15-13(16)10(2)12(14)11-7-5-4-6-8-11/h4-8,10H,3,9H2,1-2H3. The zero-order valence-corrected chi connectivity index (χ0v) is 10.4. The first-order valence-corrected chi connectivity index (χ1v) is 5.83. The third-order valence-corrected chi connectivity index (χ3v) is 2.72. The number of Topliss-reactive ketones (excluding diaryl/α,β-unsaturated/α-hetero) is 1. The Morgan fingerprint density at radius 3 is 2.56 bits per heavy atom. The van der Waals surface area contributed by atoms with Crippen LogP contribution in [0.3, 0.4) is 0 Å². The maximum Gasteiger partial charge on any atom is 0.174 e. The Labute approximate surface area is 102 Å². The van der Waals surface area contributed by atoms with E-state index in [1.54, 1.807) is 19.1 Å². The van der Waals surface area contributed by atoms with Gasteiger partial charge >= 0.3 is 0 Å². The van der Waals surface area contributed by atoms with Crippen LogP contribution in [0.2, 0.25) is 0 Å². The zero-order chi connectivity index (χ0) is 12.0. The van der Waals surface area contributed by atoms with Crippen LogP contribution >= 0.6 is 12.2 Å². The molecule has 1 rings (SSSR count). The van der Waals surface area contributed by atoms with Gasteiger partial charge in [0.2, 0.25) is 0 Å². The van der Waals surface area contributed by atoms with Crippen LogP contribution in [0.25, 0.3) is 0 Å². The van der Waals surface area contributed by atoms with Crippen molar-refractivity contribution in [2.24, 2.45) is 5.92 Å². The minimum Gasteiger partial charge on any atom is -0.486 e. The second-order valence-corrected chi connectivity index (χ2v) is 4.02. The van der Waals surface area contributed by atoms with Crippen molar-refractivity contribution in [2.75, 3.05) is 6.61 Å². The Morgan fingerprint density at radius 2 is 2.00 bits per heavy atom. The summed E-state index contributed by atoms with van der Waals surface area (Å²) >= 11 is 5.08. The van der Waals surface area contributed by atoms with Gasteiger partial charge in [-0.3, -0.25) is 4.79 Å². The largest absolute Gasteiger partial charge is 0.486 e. The Bertz CT molecular complexity index is 359. The molecule has 0 aliphatic carbocycles. The lowest BCUT2D eigenvalue weighted by Crippen LogP contribution is -2.22. The molecule has 0 bridgehead atoms. The van der Waals surface area contributed by atoms with Crippen molar-refractivity contribution in [3.05, 3.63) is 35.9 Å². The van der Waals surface area contributed by atoms with Gasteiger partial charge < -0.3 is 4.74 Å². The summed E-state index contributed by atoms with van der Waals surface area (Å²) < 4.78 is 5.31. The monoisotopic (exact) mass is 236 g/mol. The van der Waals surface area contributed by atoms with Gasteiger partial charge in [-0.15, -0.1) is 0 Å². The molecule has 0 spiro atoms. The zero-order valence-electron chi connectivity index (χ0n) is 9.60. The summed E-state index contributed by atoms with van der Waals surface area (Å²) in [6, 6.07) is 9.15. The van der Waals surface area contributed by atoms with E-state index in [4.69, 9.17) is 17.0 Å². The van der Waals surface area contributed by atoms with Gasteiger partial charge in [-0.1, -0.05) is 37.3 Å². The average molecular weight is 236 g/mol. The lowest BCUT2D eigenvalue weighted by molar-refractivity contribution is 0.0950. The highest BCUT2D eigenvalue weighted by Crippen LogP contribution is 2.11. The van der Waals surface area contributed by atoms with Crippen molar-refractivity contribution in [2.45, 2.75) is 20.3 Å². The van der Waals surface area contributed by atoms with E-state index in [1.165, 1.54) is 0 Å². The maximum atomic E-state index is 12.0. The lowest BCUT2D eigenvalue weighted by atomic mass is 10.0. The van der Waals surface area contributed by atoms with Gasteiger partial charge in [-0.2, -0.15) is 0 Å². The molecule has 1 aromatic rings. The summed E-state index contributed by atoms with van der Waals surface area (Å²) in [5.41, 5.74) is 0.678. The molecule has 0 amide bonds. The number of hydrogen-bond acceptors (Lipinski definition) is 3. The van der Waals surface area contributed by atoms with Crippen molar-refractivity contribution < 1.29 is 9.53 Å². The van der Waals surface area contributed by atoms with Crippen molar-refractivity contribution in [3.8, 4) is 0 Å². The summed E-state index contributed by atoms with van der Waals surface area (Å²) in [7, 11) is 0. The molecule has 0 aliphatic heterocycles. The molecule has 0 heterocycles. The fraction of sp³-hybridized carbons (Fsp3) is 0.385. The Hall–Kier alpha value is -1.22. The number of benzene rings is 1. The molecule has 1 unspecified atom stereocenters. The van der Waals surface area contributed by atoms with E-state index in [0.717, 1.165) is 6.42 Å². The van der Waals surface area contributed by atoms with Crippen LogP contribution in [0, 0.1) is 5.92 Å². The van der Waals surface area contributed by atoms with Crippen LogP contribution in [0.1, 0.15) is 30.6 Å². The second-order valence-electron chi connectivity index (χ2n) is 3.62. The molecule has 0 aromatic heterocycles. The quantitative estimate of drug-likeness (QED) is 0.580. The molecule has 16 heavy (non-hydrogen) atoms. The van der Waals surface area contributed by atoms with Crippen molar-refractivity contribution >= 4 is 23.1 Å².